The van der Waals surface area contributed by atoms with Gasteiger partial charge in [0.1, 0.15) is 0 Å². The Morgan fingerprint density at radius 3 is 2.40 bits per heavy atom. The van der Waals surface area contributed by atoms with Gasteiger partial charge in [-0.05, 0) is 17.7 Å². The first-order valence-corrected chi connectivity index (χ1v) is 3.80. The lowest BCUT2D eigenvalue weighted by molar-refractivity contribution is 0.741. The Kier molecular flexibility index (Phi) is 2.86. The summed E-state index contributed by atoms with van der Waals surface area (Å²) in [5, 5.41) is 0. The third kappa shape index (κ3) is 2.10. The summed E-state index contributed by atoms with van der Waals surface area (Å²) >= 11 is 3.34. The van der Waals surface area contributed by atoms with Crippen molar-refractivity contribution in [3.63, 3.8) is 0 Å². The smallest absolute Gasteiger partial charge is 0.0348 e. The first kappa shape index (κ1) is 7.72. The highest BCUT2D eigenvalue weighted by molar-refractivity contribution is 9.10. The van der Waals surface area contributed by atoms with Crippen molar-refractivity contribution in [3.8, 4) is 0 Å². The Hall–Kier alpha value is -0.380. The van der Waals surface area contributed by atoms with E-state index in [1.807, 2.05) is 24.3 Å². The first-order valence-electron chi connectivity index (χ1n) is 3.01. The average Bonchev–Trinajstić information content (AvgIpc) is 1.95. The molecule has 0 aromatic heterocycles. The number of benzene rings is 1. The van der Waals surface area contributed by atoms with Crippen LogP contribution in [-0.2, 0) is 6.54 Å². The largest absolute Gasteiger partial charge is 0.271 e. The highest BCUT2D eigenvalue weighted by atomic mass is 79.9. The van der Waals surface area contributed by atoms with Gasteiger partial charge in [-0.2, -0.15) is 0 Å². The van der Waals surface area contributed by atoms with Crippen LogP contribution in [0.5, 0.6) is 0 Å². The standard InChI is InChI=1S/C7H9BrN2/c8-7-3-1-6(2-4-7)5-10-9/h1-4,10H,5,9H2. The van der Waals surface area contributed by atoms with Gasteiger partial charge < -0.3 is 0 Å². The molecule has 0 bridgehead atoms. The summed E-state index contributed by atoms with van der Waals surface area (Å²) in [7, 11) is 0. The molecule has 0 atom stereocenters. The van der Waals surface area contributed by atoms with Crippen LogP contribution in [-0.4, -0.2) is 0 Å². The summed E-state index contributed by atoms with van der Waals surface area (Å²) in [5.41, 5.74) is 3.77. The molecule has 0 saturated heterocycles. The van der Waals surface area contributed by atoms with Crippen molar-refractivity contribution in [2.75, 3.05) is 0 Å². The van der Waals surface area contributed by atoms with E-state index in [0.29, 0.717) is 6.54 Å². The van der Waals surface area contributed by atoms with Crippen LogP contribution in [0.3, 0.4) is 0 Å². The Labute approximate surface area is 68.5 Å². The second kappa shape index (κ2) is 3.71. The molecule has 0 heterocycles. The molecule has 1 rings (SSSR count). The fourth-order valence-corrected chi connectivity index (χ4v) is 0.984. The lowest BCUT2D eigenvalue weighted by Crippen LogP contribution is -2.20. The molecular weight excluding hydrogens is 192 g/mol. The van der Waals surface area contributed by atoms with Crippen molar-refractivity contribution in [1.29, 1.82) is 0 Å². The van der Waals surface area contributed by atoms with Crippen LogP contribution in [0.1, 0.15) is 5.56 Å². The van der Waals surface area contributed by atoms with Crippen LogP contribution in [0.15, 0.2) is 28.7 Å². The molecule has 1 aromatic carbocycles. The van der Waals surface area contributed by atoms with Crippen molar-refractivity contribution in [2.45, 2.75) is 6.54 Å². The summed E-state index contributed by atoms with van der Waals surface area (Å²) in [5.74, 6) is 5.14. The van der Waals surface area contributed by atoms with E-state index >= 15 is 0 Å². The van der Waals surface area contributed by atoms with Crippen LogP contribution >= 0.6 is 15.9 Å². The van der Waals surface area contributed by atoms with Gasteiger partial charge >= 0.3 is 0 Å². The number of halogens is 1. The third-order valence-electron chi connectivity index (χ3n) is 1.22. The molecule has 2 nitrogen and oxygen atoms in total. The molecule has 0 aliphatic heterocycles. The molecule has 1 aromatic rings. The van der Waals surface area contributed by atoms with Gasteiger partial charge in [-0.1, -0.05) is 28.1 Å². The van der Waals surface area contributed by atoms with Crippen LogP contribution in [0.2, 0.25) is 0 Å². The van der Waals surface area contributed by atoms with Gasteiger partial charge in [0.15, 0.2) is 0 Å². The van der Waals surface area contributed by atoms with Gasteiger partial charge in [0, 0.05) is 11.0 Å². The molecule has 0 aliphatic rings. The van der Waals surface area contributed by atoms with E-state index < -0.39 is 0 Å². The van der Waals surface area contributed by atoms with Crippen molar-refractivity contribution < 1.29 is 0 Å². The van der Waals surface area contributed by atoms with Crippen molar-refractivity contribution >= 4 is 15.9 Å². The number of hydrogen-bond donors (Lipinski definition) is 2. The zero-order valence-electron chi connectivity index (χ0n) is 5.47. The molecule has 0 saturated carbocycles. The molecule has 0 unspecified atom stereocenters. The Morgan fingerprint density at radius 2 is 1.90 bits per heavy atom. The van der Waals surface area contributed by atoms with Crippen molar-refractivity contribution in [3.05, 3.63) is 34.3 Å². The van der Waals surface area contributed by atoms with Crippen molar-refractivity contribution in [1.82, 2.24) is 5.43 Å². The summed E-state index contributed by atoms with van der Waals surface area (Å²) in [6, 6.07) is 8.02. The van der Waals surface area contributed by atoms with Crippen LogP contribution in [0, 0.1) is 0 Å². The SMILES string of the molecule is NNCc1ccc(Br)cc1. The average molecular weight is 201 g/mol. The summed E-state index contributed by atoms with van der Waals surface area (Å²) in [6.45, 7) is 0.716. The van der Waals surface area contributed by atoms with Crippen LogP contribution in [0.4, 0.5) is 0 Å². The molecule has 0 radical (unpaired) electrons. The predicted octanol–water partition coefficient (Wildman–Crippen LogP) is 1.41. The Morgan fingerprint density at radius 1 is 1.30 bits per heavy atom. The number of rotatable bonds is 2. The molecule has 0 amide bonds. The van der Waals surface area contributed by atoms with Crippen LogP contribution < -0.4 is 11.3 Å². The van der Waals surface area contributed by atoms with Gasteiger partial charge in [0.25, 0.3) is 0 Å². The summed E-state index contributed by atoms with van der Waals surface area (Å²) in [4.78, 5) is 0. The Balaban J connectivity index is 2.69. The summed E-state index contributed by atoms with van der Waals surface area (Å²) < 4.78 is 1.09. The maximum Gasteiger partial charge on any atom is 0.0348 e. The van der Waals surface area contributed by atoms with E-state index in [9.17, 15) is 0 Å². The number of nitrogens with two attached hydrogens (primary N) is 1. The maximum absolute atomic E-state index is 5.14. The molecule has 0 fully saturated rings. The monoisotopic (exact) mass is 200 g/mol. The van der Waals surface area contributed by atoms with Gasteiger partial charge in [-0.25, -0.2) is 0 Å². The zero-order valence-corrected chi connectivity index (χ0v) is 7.06. The first-order chi connectivity index (χ1) is 4.83. The number of nitrogens with one attached hydrogen (secondary N) is 1. The van der Waals surface area contributed by atoms with E-state index in [1.54, 1.807) is 0 Å². The molecule has 0 spiro atoms. The van der Waals surface area contributed by atoms with Gasteiger partial charge in [-0.3, -0.25) is 11.3 Å². The molecule has 10 heavy (non-hydrogen) atoms. The lowest BCUT2D eigenvalue weighted by Gasteiger charge is -1.97. The summed E-state index contributed by atoms with van der Waals surface area (Å²) in [6.07, 6.45) is 0. The van der Waals surface area contributed by atoms with Gasteiger partial charge in [-0.15, -0.1) is 0 Å². The number of hydrogen-bond acceptors (Lipinski definition) is 2. The molecule has 3 N–H and O–H groups in total. The minimum absolute atomic E-state index is 0.716. The van der Waals surface area contributed by atoms with Gasteiger partial charge in [0.05, 0.1) is 0 Å². The minimum Gasteiger partial charge on any atom is -0.271 e. The molecule has 54 valence electrons. The Bertz CT molecular complexity index is 195. The molecule has 3 heteroatoms. The van der Waals surface area contributed by atoms with Gasteiger partial charge in [0.2, 0.25) is 0 Å². The van der Waals surface area contributed by atoms with E-state index in [0.717, 1.165) is 4.47 Å². The second-order valence-electron chi connectivity index (χ2n) is 2.01. The highest BCUT2D eigenvalue weighted by Crippen LogP contribution is 2.09. The minimum atomic E-state index is 0.716. The molecular formula is C7H9BrN2. The van der Waals surface area contributed by atoms with E-state index in [1.165, 1.54) is 5.56 Å². The normalized spacial score (nSPS) is 9.80. The van der Waals surface area contributed by atoms with Crippen molar-refractivity contribution in [2.24, 2.45) is 5.84 Å². The zero-order chi connectivity index (χ0) is 7.40. The fraction of sp³-hybridized carbons (Fsp3) is 0.143. The number of hydrazine groups is 1. The lowest BCUT2D eigenvalue weighted by atomic mass is 10.2. The third-order valence-corrected chi connectivity index (χ3v) is 1.75. The molecule has 0 aliphatic carbocycles. The topological polar surface area (TPSA) is 38.0 Å². The van der Waals surface area contributed by atoms with E-state index in [-0.39, 0.29) is 0 Å². The quantitative estimate of drug-likeness (QED) is 0.560. The predicted molar refractivity (Wildman–Crippen MR) is 45.2 cm³/mol. The van der Waals surface area contributed by atoms with E-state index in [4.69, 9.17) is 5.84 Å². The maximum atomic E-state index is 5.14. The van der Waals surface area contributed by atoms with Crippen LogP contribution in [0.25, 0.3) is 0 Å². The second-order valence-corrected chi connectivity index (χ2v) is 2.92. The highest BCUT2D eigenvalue weighted by Gasteiger charge is 1.88. The fourth-order valence-electron chi connectivity index (χ4n) is 0.720. The van der Waals surface area contributed by atoms with E-state index in [2.05, 4.69) is 21.4 Å².